The van der Waals surface area contributed by atoms with E-state index >= 15 is 0 Å². The van der Waals surface area contributed by atoms with Gasteiger partial charge >= 0.3 is 9.53 Å². The van der Waals surface area contributed by atoms with Gasteiger partial charge in [0.25, 0.3) is 0 Å². The van der Waals surface area contributed by atoms with Crippen LogP contribution >= 0.6 is 0 Å². The lowest BCUT2D eigenvalue weighted by Crippen LogP contribution is -2.36. The lowest BCUT2D eigenvalue weighted by atomic mass is 10.1. The van der Waals surface area contributed by atoms with E-state index in [2.05, 4.69) is 19.7 Å². The Morgan fingerprint density at radius 2 is 1.38 bits per heavy atom. The fraction of sp³-hybridized carbons (Fsp3) is 0.333. The van der Waals surface area contributed by atoms with Gasteiger partial charge in [0.2, 0.25) is 0 Å². The highest BCUT2D eigenvalue weighted by atomic mass is 28.3. The van der Waals surface area contributed by atoms with E-state index in [0.717, 1.165) is 0 Å². The molecule has 0 spiro atoms. The molecular formula is C9H16O3Si. The highest BCUT2D eigenvalue weighted by Gasteiger charge is 2.26. The maximum absolute atomic E-state index is 5.52. The fourth-order valence-corrected chi connectivity index (χ4v) is 1.76. The summed E-state index contributed by atoms with van der Waals surface area (Å²) in [4.78, 5) is 0. The van der Waals surface area contributed by atoms with Crippen LogP contribution in [0.4, 0.5) is 0 Å². The number of rotatable bonds is 7. The monoisotopic (exact) mass is 200 g/mol. The van der Waals surface area contributed by atoms with Crippen molar-refractivity contribution in [3.63, 3.8) is 0 Å². The van der Waals surface area contributed by atoms with Crippen LogP contribution in [0.25, 0.3) is 0 Å². The van der Waals surface area contributed by atoms with Gasteiger partial charge in [-0.25, -0.2) is 0 Å². The first-order valence-electron chi connectivity index (χ1n) is 3.82. The van der Waals surface area contributed by atoms with Crippen LogP contribution in [0.3, 0.4) is 0 Å². The molecule has 0 bridgehead atoms. The van der Waals surface area contributed by atoms with Crippen molar-refractivity contribution in [3.8, 4) is 0 Å². The number of hydrogen-bond acceptors (Lipinski definition) is 3. The Hall–Kier alpha value is -0.683. The molecule has 13 heavy (non-hydrogen) atoms. The van der Waals surface area contributed by atoms with Crippen LogP contribution in [0.1, 0.15) is 0 Å². The fourth-order valence-electron chi connectivity index (χ4n) is 0.753. The van der Waals surface area contributed by atoms with Crippen molar-refractivity contribution in [2.24, 2.45) is 0 Å². The van der Waals surface area contributed by atoms with Crippen molar-refractivity contribution in [2.75, 3.05) is 14.2 Å². The molecule has 0 saturated heterocycles. The summed E-state index contributed by atoms with van der Waals surface area (Å²) in [6.45, 7) is 10.9. The second kappa shape index (κ2) is 5.88. The largest absolute Gasteiger partial charge is 0.484 e. The molecule has 0 aliphatic carbocycles. The van der Waals surface area contributed by atoms with Gasteiger partial charge in [0.05, 0.1) is 0 Å². The molecule has 0 aromatic heterocycles. The lowest BCUT2D eigenvalue weighted by Gasteiger charge is -2.26. The first-order valence-corrected chi connectivity index (χ1v) is 5.23. The van der Waals surface area contributed by atoms with Gasteiger partial charge in [-0.05, 0) is 0 Å². The summed E-state index contributed by atoms with van der Waals surface area (Å²) in [5, 5.41) is 0. The molecule has 0 aromatic carbocycles. The first kappa shape index (κ1) is 12.3. The summed E-state index contributed by atoms with van der Waals surface area (Å²) < 4.78 is 15.5. The van der Waals surface area contributed by atoms with E-state index in [1.54, 1.807) is 32.4 Å². The van der Waals surface area contributed by atoms with Crippen molar-refractivity contribution in [2.45, 2.75) is 5.60 Å². The molecule has 74 valence electrons. The molecular weight excluding hydrogens is 184 g/mol. The van der Waals surface area contributed by atoms with Crippen molar-refractivity contribution >= 4 is 9.53 Å². The molecule has 0 aliphatic rings. The number of hydrogen-bond donors (Lipinski definition) is 0. The van der Waals surface area contributed by atoms with Crippen molar-refractivity contribution in [3.05, 3.63) is 38.0 Å². The molecule has 0 heterocycles. The summed E-state index contributed by atoms with van der Waals surface area (Å²) in [7, 11) is 1.00. The summed E-state index contributed by atoms with van der Waals surface area (Å²) >= 11 is 0. The van der Waals surface area contributed by atoms with Crippen molar-refractivity contribution in [1.29, 1.82) is 0 Å². The van der Waals surface area contributed by atoms with Gasteiger partial charge in [0.15, 0.2) is 0 Å². The molecule has 0 N–H and O–H groups in total. The summed E-state index contributed by atoms with van der Waals surface area (Å²) in [5.74, 6) is 0. The molecule has 0 amide bonds. The SMILES string of the molecule is C=CC(C=C)(C=C)O[SiH](OC)OC. The molecule has 0 unspecified atom stereocenters. The van der Waals surface area contributed by atoms with Crippen LogP contribution in [0.15, 0.2) is 38.0 Å². The van der Waals surface area contributed by atoms with Gasteiger partial charge < -0.3 is 13.3 Å². The predicted molar refractivity (Wildman–Crippen MR) is 55.6 cm³/mol. The highest BCUT2D eigenvalue weighted by Crippen LogP contribution is 2.16. The third kappa shape index (κ3) is 3.28. The van der Waals surface area contributed by atoms with Gasteiger partial charge in [-0.2, -0.15) is 0 Å². The normalized spacial score (nSPS) is 11.3. The van der Waals surface area contributed by atoms with E-state index < -0.39 is 15.1 Å². The standard InChI is InChI=1S/C9H16O3Si/c1-6-9(7-2,8-3)12-13(10-4)11-5/h6-8,13H,1-3H2,4-5H3. The zero-order valence-corrected chi connectivity index (χ0v) is 9.31. The minimum absolute atomic E-state index is 0.747. The Kier molecular flexibility index (Phi) is 5.57. The van der Waals surface area contributed by atoms with Crippen LogP contribution in [-0.2, 0) is 13.3 Å². The van der Waals surface area contributed by atoms with E-state index in [4.69, 9.17) is 13.3 Å². The van der Waals surface area contributed by atoms with Gasteiger partial charge in [0, 0.05) is 14.2 Å². The molecule has 0 aromatic rings. The molecule has 0 rings (SSSR count). The van der Waals surface area contributed by atoms with Gasteiger partial charge in [-0.1, -0.05) is 38.0 Å². The Morgan fingerprint density at radius 3 is 1.62 bits per heavy atom. The second-order valence-electron chi connectivity index (χ2n) is 2.34. The van der Waals surface area contributed by atoms with Crippen LogP contribution in [-0.4, -0.2) is 29.3 Å². The van der Waals surface area contributed by atoms with E-state index in [0.29, 0.717) is 0 Å². The van der Waals surface area contributed by atoms with E-state index in [1.807, 2.05) is 0 Å². The molecule has 4 heteroatoms. The Morgan fingerprint density at radius 1 is 1.00 bits per heavy atom. The Labute approximate surface area is 81.3 Å². The average molecular weight is 200 g/mol. The quantitative estimate of drug-likeness (QED) is 0.458. The highest BCUT2D eigenvalue weighted by molar-refractivity contribution is 6.36. The zero-order chi connectivity index (χ0) is 10.3. The molecule has 0 fully saturated rings. The molecule has 0 radical (unpaired) electrons. The summed E-state index contributed by atoms with van der Waals surface area (Å²) in [5.41, 5.74) is -0.747. The smallest absolute Gasteiger partial charge is 0.379 e. The minimum Gasteiger partial charge on any atom is -0.379 e. The van der Waals surface area contributed by atoms with Crippen LogP contribution in [0.5, 0.6) is 0 Å². The van der Waals surface area contributed by atoms with Crippen LogP contribution in [0.2, 0.25) is 0 Å². The van der Waals surface area contributed by atoms with Gasteiger partial charge in [-0.3, -0.25) is 0 Å². The maximum Gasteiger partial charge on any atom is 0.484 e. The summed E-state index contributed by atoms with van der Waals surface area (Å²) in [6, 6.07) is 0. The van der Waals surface area contributed by atoms with E-state index in [1.165, 1.54) is 0 Å². The molecule has 0 saturated carbocycles. The second-order valence-corrected chi connectivity index (χ2v) is 4.10. The predicted octanol–water partition coefficient (Wildman–Crippen LogP) is 1.31. The van der Waals surface area contributed by atoms with Gasteiger partial charge in [0.1, 0.15) is 5.60 Å². The summed E-state index contributed by atoms with van der Waals surface area (Å²) in [6.07, 6.45) is 4.81. The third-order valence-corrected chi connectivity index (χ3v) is 3.01. The van der Waals surface area contributed by atoms with E-state index in [9.17, 15) is 0 Å². The van der Waals surface area contributed by atoms with Crippen LogP contribution in [0, 0.1) is 0 Å². The molecule has 0 atom stereocenters. The van der Waals surface area contributed by atoms with Crippen molar-refractivity contribution in [1.82, 2.24) is 0 Å². The minimum atomic E-state index is -2.08. The Balaban J connectivity index is 4.47. The lowest BCUT2D eigenvalue weighted by molar-refractivity contribution is 0.0932. The van der Waals surface area contributed by atoms with Crippen molar-refractivity contribution < 1.29 is 13.3 Å². The molecule has 3 nitrogen and oxygen atoms in total. The first-order chi connectivity index (χ1) is 6.17. The molecule has 0 aliphatic heterocycles. The van der Waals surface area contributed by atoms with Gasteiger partial charge in [-0.15, -0.1) is 0 Å². The average Bonchev–Trinajstić information content (AvgIpc) is 2.21. The third-order valence-electron chi connectivity index (χ3n) is 1.64. The zero-order valence-electron chi connectivity index (χ0n) is 8.16. The maximum atomic E-state index is 5.52. The van der Waals surface area contributed by atoms with Crippen LogP contribution < -0.4 is 0 Å². The Bertz CT molecular complexity index is 166. The topological polar surface area (TPSA) is 27.7 Å². The van der Waals surface area contributed by atoms with E-state index in [-0.39, 0.29) is 0 Å².